The van der Waals surface area contributed by atoms with Crippen molar-refractivity contribution in [2.45, 2.75) is 19.8 Å². The van der Waals surface area contributed by atoms with Gasteiger partial charge < -0.3 is 0 Å². The largest absolute Gasteiger partial charge is 2.00 e. The molecule has 10 heavy (non-hydrogen) atoms. The molecule has 0 unspecified atom stereocenters. The maximum Gasteiger partial charge on any atom is 2.00 e. The van der Waals surface area contributed by atoms with Gasteiger partial charge in [0.15, 0.2) is 0 Å². The number of hydrogen-bond donors (Lipinski definition) is 0. The van der Waals surface area contributed by atoms with E-state index in [0.29, 0.717) is 5.92 Å². The SMILES string of the molecule is CC(C)c1ccccc1.[Cr+2]. The predicted octanol–water partition coefficient (Wildman–Crippen LogP) is 2.81. The molecule has 0 aliphatic rings. The van der Waals surface area contributed by atoms with Gasteiger partial charge in [-0.25, -0.2) is 0 Å². The van der Waals surface area contributed by atoms with Crippen molar-refractivity contribution in [1.29, 1.82) is 0 Å². The van der Waals surface area contributed by atoms with E-state index in [2.05, 4.69) is 38.1 Å². The van der Waals surface area contributed by atoms with Crippen molar-refractivity contribution >= 4 is 0 Å². The summed E-state index contributed by atoms with van der Waals surface area (Å²) in [6.45, 7) is 4.41. The summed E-state index contributed by atoms with van der Waals surface area (Å²) in [6.07, 6.45) is 0. The van der Waals surface area contributed by atoms with Crippen molar-refractivity contribution in [3.8, 4) is 0 Å². The summed E-state index contributed by atoms with van der Waals surface area (Å²) in [7, 11) is 0. The van der Waals surface area contributed by atoms with Crippen LogP contribution < -0.4 is 0 Å². The molecule has 0 aliphatic heterocycles. The van der Waals surface area contributed by atoms with Crippen LogP contribution in [-0.4, -0.2) is 0 Å². The van der Waals surface area contributed by atoms with Gasteiger partial charge in [0.25, 0.3) is 0 Å². The molecule has 0 fully saturated rings. The fraction of sp³-hybridized carbons (Fsp3) is 0.333. The third kappa shape index (κ3) is 2.56. The molecule has 1 aromatic rings. The van der Waals surface area contributed by atoms with Gasteiger partial charge in [-0.05, 0) is 11.5 Å². The van der Waals surface area contributed by atoms with Gasteiger partial charge in [0.05, 0.1) is 0 Å². The van der Waals surface area contributed by atoms with Crippen molar-refractivity contribution in [1.82, 2.24) is 0 Å². The molecule has 0 radical (unpaired) electrons. The maximum atomic E-state index is 2.20. The van der Waals surface area contributed by atoms with Crippen LogP contribution in [0.2, 0.25) is 0 Å². The van der Waals surface area contributed by atoms with E-state index in [0.717, 1.165) is 0 Å². The van der Waals surface area contributed by atoms with Gasteiger partial charge >= 0.3 is 17.4 Å². The predicted molar refractivity (Wildman–Crippen MR) is 40.5 cm³/mol. The second-order valence-electron chi connectivity index (χ2n) is 2.57. The van der Waals surface area contributed by atoms with Gasteiger partial charge in [-0.2, -0.15) is 0 Å². The third-order valence-electron chi connectivity index (χ3n) is 1.47. The van der Waals surface area contributed by atoms with Crippen molar-refractivity contribution in [2.24, 2.45) is 0 Å². The summed E-state index contributed by atoms with van der Waals surface area (Å²) < 4.78 is 0. The molecule has 0 heterocycles. The Bertz CT molecular complexity index is 167. The third-order valence-corrected chi connectivity index (χ3v) is 1.47. The quantitative estimate of drug-likeness (QED) is 0.611. The monoisotopic (exact) mass is 172 g/mol. The van der Waals surface area contributed by atoms with E-state index in [1.807, 2.05) is 6.07 Å². The Morgan fingerprint density at radius 2 is 1.50 bits per heavy atom. The van der Waals surface area contributed by atoms with Crippen LogP contribution >= 0.6 is 0 Å². The standard InChI is InChI=1S/C9H12.Cr/c1-8(2)9-6-4-3-5-7-9;/h3-8H,1-2H3;/q;+2. The average Bonchev–Trinajstić information content (AvgIpc) is 1.90. The van der Waals surface area contributed by atoms with Crippen LogP contribution in [0.25, 0.3) is 0 Å². The first kappa shape index (κ1) is 9.75. The Balaban J connectivity index is 0.000000810. The van der Waals surface area contributed by atoms with E-state index in [1.54, 1.807) is 0 Å². The summed E-state index contributed by atoms with van der Waals surface area (Å²) in [4.78, 5) is 0. The molecular weight excluding hydrogens is 160 g/mol. The van der Waals surface area contributed by atoms with Crippen LogP contribution in [0.5, 0.6) is 0 Å². The van der Waals surface area contributed by atoms with Gasteiger partial charge in [0.1, 0.15) is 0 Å². The molecule has 1 rings (SSSR count). The Labute approximate surface area is 73.4 Å². The van der Waals surface area contributed by atoms with Crippen molar-refractivity contribution in [2.75, 3.05) is 0 Å². The van der Waals surface area contributed by atoms with Crippen LogP contribution in [0.15, 0.2) is 30.3 Å². The number of rotatable bonds is 1. The van der Waals surface area contributed by atoms with Gasteiger partial charge in [-0.15, -0.1) is 0 Å². The van der Waals surface area contributed by atoms with Gasteiger partial charge in [0.2, 0.25) is 0 Å². The van der Waals surface area contributed by atoms with Crippen molar-refractivity contribution < 1.29 is 17.4 Å². The van der Waals surface area contributed by atoms with Crippen LogP contribution in [-0.2, 0) is 17.4 Å². The molecule has 52 valence electrons. The van der Waals surface area contributed by atoms with Crippen molar-refractivity contribution in [3.63, 3.8) is 0 Å². The van der Waals surface area contributed by atoms with E-state index >= 15 is 0 Å². The van der Waals surface area contributed by atoms with Crippen molar-refractivity contribution in [3.05, 3.63) is 35.9 Å². The first-order valence-corrected chi connectivity index (χ1v) is 3.35. The summed E-state index contributed by atoms with van der Waals surface area (Å²) >= 11 is 0. The van der Waals surface area contributed by atoms with Crippen LogP contribution in [0, 0.1) is 0 Å². The van der Waals surface area contributed by atoms with Crippen LogP contribution in [0.1, 0.15) is 25.3 Å². The molecular formula is C9H12Cr+2. The van der Waals surface area contributed by atoms with Crippen LogP contribution in [0.4, 0.5) is 0 Å². The maximum absolute atomic E-state index is 2.20. The molecule has 0 N–H and O–H groups in total. The van der Waals surface area contributed by atoms with E-state index in [1.165, 1.54) is 5.56 Å². The first-order valence-electron chi connectivity index (χ1n) is 3.35. The van der Waals surface area contributed by atoms with Crippen LogP contribution in [0.3, 0.4) is 0 Å². The molecule has 0 saturated carbocycles. The van der Waals surface area contributed by atoms with Gasteiger partial charge in [-0.3, -0.25) is 0 Å². The molecule has 0 nitrogen and oxygen atoms in total. The Morgan fingerprint density at radius 3 is 1.80 bits per heavy atom. The molecule has 0 bridgehead atoms. The smallest absolute Gasteiger partial charge is 0.0622 e. The van der Waals surface area contributed by atoms with Gasteiger partial charge in [0, 0.05) is 0 Å². The van der Waals surface area contributed by atoms with Gasteiger partial charge in [-0.1, -0.05) is 44.2 Å². The number of benzene rings is 1. The second-order valence-corrected chi connectivity index (χ2v) is 2.57. The molecule has 0 aliphatic carbocycles. The normalized spacial score (nSPS) is 9.10. The summed E-state index contributed by atoms with van der Waals surface area (Å²) in [5.74, 6) is 0.659. The minimum absolute atomic E-state index is 0. The fourth-order valence-electron chi connectivity index (χ4n) is 0.838. The zero-order chi connectivity index (χ0) is 6.69. The summed E-state index contributed by atoms with van der Waals surface area (Å²) in [5, 5.41) is 0. The fourth-order valence-corrected chi connectivity index (χ4v) is 0.838. The molecule has 0 atom stereocenters. The number of hydrogen-bond acceptors (Lipinski definition) is 0. The van der Waals surface area contributed by atoms with E-state index in [9.17, 15) is 0 Å². The second kappa shape index (κ2) is 4.55. The average molecular weight is 172 g/mol. The Morgan fingerprint density at radius 1 is 1.00 bits per heavy atom. The van der Waals surface area contributed by atoms with E-state index in [-0.39, 0.29) is 17.4 Å². The first-order chi connectivity index (χ1) is 4.30. The summed E-state index contributed by atoms with van der Waals surface area (Å²) in [5.41, 5.74) is 1.41. The molecule has 0 saturated heterocycles. The molecule has 1 heteroatoms. The summed E-state index contributed by atoms with van der Waals surface area (Å²) in [6, 6.07) is 10.5. The molecule has 0 aromatic heterocycles. The minimum Gasteiger partial charge on any atom is -0.0622 e. The van der Waals surface area contributed by atoms with E-state index in [4.69, 9.17) is 0 Å². The molecule has 0 amide bonds. The molecule has 1 aromatic carbocycles. The van der Waals surface area contributed by atoms with E-state index < -0.39 is 0 Å². The Kier molecular flexibility index (Phi) is 4.44. The zero-order valence-corrected chi connectivity index (χ0v) is 7.65. The zero-order valence-electron chi connectivity index (χ0n) is 6.37. The molecule has 0 spiro atoms. The Hall–Kier alpha value is -0.248. The minimum atomic E-state index is 0. The topological polar surface area (TPSA) is 0 Å².